The summed E-state index contributed by atoms with van der Waals surface area (Å²) >= 11 is 0. The molecule has 0 aromatic heterocycles. The summed E-state index contributed by atoms with van der Waals surface area (Å²) < 4.78 is 60.2. The minimum atomic E-state index is -4.23. The number of nitrogens with zero attached hydrogens (tertiary/aromatic N) is 1. The smallest absolute Gasteiger partial charge is 0.282 e. The maximum atomic E-state index is 10.7. The van der Waals surface area contributed by atoms with Crippen molar-refractivity contribution >= 4 is 32.9 Å². The zero-order valence-electron chi connectivity index (χ0n) is 17.0. The Morgan fingerprint density at radius 3 is 2.07 bits per heavy atom. The maximum absolute atomic E-state index is 10.7. The van der Waals surface area contributed by atoms with E-state index in [-0.39, 0.29) is 9.80 Å². The van der Waals surface area contributed by atoms with Gasteiger partial charge in [-0.2, -0.15) is 21.9 Å². The standard InChI is InChI=1S/C9H10O3S.C8H12N2O3S.C2H6/c1-3-8-6-9(13(10,11)12)5-4-7(8)2;1-3-7(10-9)5-6-8(4-2)14(11,12)13;1-2/h3-6H,2H2,1H3,(H,10,11,12);4-6,9H,2-3H2,1H3,(H,11,12,13);1-2H3/b8-3-;7-5+,8-6+,10-9?;. The van der Waals surface area contributed by atoms with Crippen molar-refractivity contribution in [3.05, 3.63) is 64.0 Å². The van der Waals surface area contributed by atoms with Crippen molar-refractivity contribution in [2.24, 2.45) is 5.11 Å². The minimum absolute atomic E-state index is 0.104. The average Bonchev–Trinajstić information content (AvgIpc) is 2.66. The fourth-order valence-electron chi connectivity index (χ4n) is 1.67. The topological polar surface area (TPSA) is 145 Å². The van der Waals surface area contributed by atoms with Gasteiger partial charge in [-0.1, -0.05) is 46.1 Å². The van der Waals surface area contributed by atoms with Crippen LogP contribution in [0.15, 0.2) is 63.6 Å². The molecule has 0 aliphatic rings. The third-order valence-corrected chi connectivity index (χ3v) is 4.92. The molecule has 0 bridgehead atoms. The Balaban J connectivity index is 0. The van der Waals surface area contributed by atoms with E-state index in [9.17, 15) is 16.8 Å². The fraction of sp³-hybridized carbons (Fsp3) is 0.263. The molecule has 29 heavy (non-hydrogen) atoms. The summed E-state index contributed by atoms with van der Waals surface area (Å²) in [5.41, 5.74) is 7.12. The van der Waals surface area contributed by atoms with Crippen LogP contribution in [0.25, 0.3) is 12.7 Å². The van der Waals surface area contributed by atoms with Crippen LogP contribution in [0.1, 0.15) is 34.1 Å². The second-order valence-corrected chi connectivity index (χ2v) is 7.84. The summed E-state index contributed by atoms with van der Waals surface area (Å²) in [4.78, 5) is -0.417. The van der Waals surface area contributed by atoms with E-state index in [0.29, 0.717) is 17.3 Å². The lowest BCUT2D eigenvalue weighted by Gasteiger charge is -1.95. The quantitative estimate of drug-likeness (QED) is 0.348. The van der Waals surface area contributed by atoms with Gasteiger partial charge in [0, 0.05) is 0 Å². The second kappa shape index (κ2) is 13.7. The number of benzene rings is 1. The van der Waals surface area contributed by atoms with Crippen molar-refractivity contribution in [3.8, 4) is 0 Å². The largest absolute Gasteiger partial charge is 0.294 e. The molecule has 162 valence electrons. The fourth-order valence-corrected chi connectivity index (χ4v) is 2.64. The third kappa shape index (κ3) is 11.3. The van der Waals surface area contributed by atoms with Gasteiger partial charge in [0.15, 0.2) is 0 Å². The molecule has 8 nitrogen and oxygen atoms in total. The lowest BCUT2D eigenvalue weighted by Crippen LogP contribution is -2.23. The number of hydrogen-bond donors (Lipinski definition) is 3. The van der Waals surface area contributed by atoms with E-state index in [0.717, 1.165) is 17.4 Å². The maximum Gasteiger partial charge on any atom is 0.294 e. The van der Waals surface area contributed by atoms with Crippen molar-refractivity contribution in [2.75, 3.05) is 0 Å². The van der Waals surface area contributed by atoms with E-state index in [1.165, 1.54) is 18.2 Å². The normalized spacial score (nSPS) is 12.8. The highest BCUT2D eigenvalue weighted by molar-refractivity contribution is 7.90. The minimum Gasteiger partial charge on any atom is -0.282 e. The first-order valence-corrected chi connectivity index (χ1v) is 11.4. The summed E-state index contributed by atoms with van der Waals surface area (Å²) in [5.74, 6) is 0. The van der Waals surface area contributed by atoms with Gasteiger partial charge in [0.05, 0.1) is 15.5 Å². The van der Waals surface area contributed by atoms with E-state index >= 15 is 0 Å². The summed E-state index contributed by atoms with van der Waals surface area (Å²) in [7, 11) is -8.33. The monoisotopic (exact) mass is 444 g/mol. The summed E-state index contributed by atoms with van der Waals surface area (Å²) in [5, 5.41) is 4.59. The first-order valence-electron chi connectivity index (χ1n) is 8.51. The van der Waals surface area contributed by atoms with Gasteiger partial charge in [-0.15, -0.1) is 0 Å². The predicted octanol–water partition coefficient (Wildman–Crippen LogP) is 3.44. The molecule has 0 fully saturated rings. The van der Waals surface area contributed by atoms with Gasteiger partial charge in [0.1, 0.15) is 0 Å². The van der Waals surface area contributed by atoms with Crippen LogP contribution in [0, 0.1) is 5.53 Å². The van der Waals surface area contributed by atoms with Crippen LogP contribution in [0.4, 0.5) is 0 Å². The molecular weight excluding hydrogens is 416 g/mol. The van der Waals surface area contributed by atoms with Gasteiger partial charge in [-0.05, 0) is 54.1 Å². The molecule has 0 saturated carbocycles. The van der Waals surface area contributed by atoms with Crippen LogP contribution in [0.2, 0.25) is 0 Å². The Labute approximate surface area is 172 Å². The molecular formula is C19H28N2O6S2. The zero-order chi connectivity index (χ0) is 23.3. The van der Waals surface area contributed by atoms with E-state index in [1.54, 1.807) is 26.0 Å². The molecule has 1 rings (SSSR count). The molecule has 1 aromatic rings. The SMILES string of the molecule is C=C/C(=C\C=C(/CC)N=N)S(=O)(=O)O.C=c1ccc(S(=O)(=O)O)c/c1=C/C.CC. The lowest BCUT2D eigenvalue weighted by atomic mass is 10.2. The Kier molecular flexibility index (Phi) is 13.6. The van der Waals surface area contributed by atoms with Crippen LogP contribution < -0.4 is 10.4 Å². The molecule has 10 heteroatoms. The van der Waals surface area contributed by atoms with E-state index in [2.05, 4.69) is 18.3 Å². The Morgan fingerprint density at radius 1 is 1.17 bits per heavy atom. The zero-order valence-corrected chi connectivity index (χ0v) is 18.6. The van der Waals surface area contributed by atoms with Crippen molar-refractivity contribution in [2.45, 2.75) is 39.0 Å². The Morgan fingerprint density at radius 2 is 1.72 bits per heavy atom. The van der Waals surface area contributed by atoms with Gasteiger partial charge in [0.2, 0.25) is 0 Å². The van der Waals surface area contributed by atoms with Crippen molar-refractivity contribution < 1.29 is 25.9 Å². The van der Waals surface area contributed by atoms with Gasteiger partial charge in [-0.25, -0.2) is 5.53 Å². The van der Waals surface area contributed by atoms with E-state index in [1.807, 2.05) is 13.8 Å². The van der Waals surface area contributed by atoms with E-state index in [4.69, 9.17) is 14.6 Å². The molecule has 0 saturated heterocycles. The van der Waals surface area contributed by atoms with Gasteiger partial charge < -0.3 is 0 Å². The van der Waals surface area contributed by atoms with Gasteiger partial charge >= 0.3 is 0 Å². The Bertz CT molecular complexity index is 1070. The molecule has 0 aliphatic carbocycles. The van der Waals surface area contributed by atoms with Crippen LogP contribution >= 0.6 is 0 Å². The summed E-state index contributed by atoms with van der Waals surface area (Å²) in [6.45, 7) is 14.5. The van der Waals surface area contributed by atoms with Crippen LogP contribution in [0.3, 0.4) is 0 Å². The molecule has 0 amide bonds. The molecule has 0 aliphatic heterocycles. The number of allylic oxidation sites excluding steroid dienone is 4. The molecule has 1 aromatic carbocycles. The second-order valence-electron chi connectivity index (χ2n) is 5.00. The molecule has 0 atom stereocenters. The van der Waals surface area contributed by atoms with Gasteiger partial charge in [0.25, 0.3) is 20.2 Å². The summed E-state index contributed by atoms with van der Waals surface area (Å²) in [6, 6.07) is 4.26. The highest BCUT2D eigenvalue weighted by Crippen LogP contribution is 2.08. The molecule has 0 unspecified atom stereocenters. The highest BCUT2D eigenvalue weighted by atomic mass is 32.2. The highest BCUT2D eigenvalue weighted by Gasteiger charge is 2.08. The first kappa shape index (κ1) is 28.8. The molecule has 0 spiro atoms. The number of rotatable bonds is 6. The lowest BCUT2D eigenvalue weighted by molar-refractivity contribution is 0.482. The van der Waals surface area contributed by atoms with Crippen molar-refractivity contribution in [1.29, 1.82) is 5.53 Å². The molecule has 3 N–H and O–H groups in total. The van der Waals surface area contributed by atoms with Crippen LogP contribution in [0.5, 0.6) is 0 Å². The predicted molar refractivity (Wildman–Crippen MR) is 116 cm³/mol. The Hall–Kier alpha value is -2.40. The molecule has 0 radical (unpaired) electrons. The average molecular weight is 445 g/mol. The summed E-state index contributed by atoms with van der Waals surface area (Å²) in [6.07, 6.45) is 5.76. The van der Waals surface area contributed by atoms with Crippen LogP contribution in [-0.2, 0) is 20.2 Å². The first-order chi connectivity index (χ1) is 13.4. The van der Waals surface area contributed by atoms with Crippen LogP contribution in [-0.4, -0.2) is 25.9 Å². The van der Waals surface area contributed by atoms with Crippen molar-refractivity contribution in [3.63, 3.8) is 0 Å². The molecule has 0 heterocycles. The van der Waals surface area contributed by atoms with E-state index < -0.39 is 20.2 Å². The number of hydrogen-bond acceptors (Lipinski definition) is 6. The van der Waals surface area contributed by atoms with Crippen molar-refractivity contribution in [1.82, 2.24) is 0 Å². The number of nitrogens with one attached hydrogen (secondary N) is 1. The van der Waals surface area contributed by atoms with Gasteiger partial charge in [-0.3, -0.25) is 9.11 Å². The third-order valence-electron chi connectivity index (χ3n) is 3.17.